The smallest absolute Gasteiger partial charge is 0.310 e. The van der Waals surface area contributed by atoms with Gasteiger partial charge >= 0.3 is 5.97 Å². The summed E-state index contributed by atoms with van der Waals surface area (Å²) in [6.45, 7) is 6.31. The maximum absolute atomic E-state index is 12.0. The van der Waals surface area contributed by atoms with E-state index in [0.717, 1.165) is 17.9 Å². The van der Waals surface area contributed by atoms with Crippen molar-refractivity contribution in [1.29, 1.82) is 0 Å². The average molecular weight is 263 g/mol. The molecule has 1 saturated heterocycles. The third kappa shape index (κ3) is 3.07. The minimum absolute atomic E-state index is 0.121. The fraction of sp³-hybridized carbons (Fsp3) is 0.533. The quantitative estimate of drug-likeness (QED) is 0.825. The number of para-hydroxylation sites is 1. The van der Waals surface area contributed by atoms with Gasteiger partial charge in [0.05, 0.1) is 19.1 Å². The van der Waals surface area contributed by atoms with E-state index < -0.39 is 0 Å². The second-order valence-corrected chi connectivity index (χ2v) is 4.59. The predicted molar refractivity (Wildman–Crippen MR) is 73.3 cm³/mol. The van der Waals surface area contributed by atoms with Gasteiger partial charge in [-0.3, -0.25) is 4.79 Å². The van der Waals surface area contributed by atoms with Gasteiger partial charge in [-0.15, -0.1) is 0 Å². The molecule has 1 aromatic rings. The Hall–Kier alpha value is -1.55. The van der Waals surface area contributed by atoms with Crippen LogP contribution in [0.25, 0.3) is 0 Å². The number of rotatable bonds is 5. The normalized spacial score (nSPS) is 22.2. The van der Waals surface area contributed by atoms with E-state index in [-0.39, 0.29) is 17.8 Å². The average Bonchev–Trinajstić information content (AvgIpc) is 2.89. The largest absolute Gasteiger partial charge is 0.494 e. The van der Waals surface area contributed by atoms with Crippen LogP contribution in [0.3, 0.4) is 0 Å². The van der Waals surface area contributed by atoms with Gasteiger partial charge in [0.1, 0.15) is 5.75 Å². The molecular weight excluding hydrogens is 242 g/mol. The van der Waals surface area contributed by atoms with E-state index in [1.807, 2.05) is 38.1 Å². The van der Waals surface area contributed by atoms with E-state index in [1.54, 1.807) is 0 Å². The number of nitrogens with one attached hydrogen (secondary N) is 1. The lowest BCUT2D eigenvalue weighted by Gasteiger charge is -2.20. The minimum atomic E-state index is -0.124. The highest BCUT2D eigenvalue weighted by molar-refractivity contribution is 5.75. The van der Waals surface area contributed by atoms with Gasteiger partial charge in [-0.2, -0.15) is 0 Å². The molecule has 0 bridgehead atoms. The SMILES string of the molecule is CCOC(=O)C1CNCC1c1ccccc1OCC. The predicted octanol–water partition coefficient (Wildman–Crippen LogP) is 1.95. The van der Waals surface area contributed by atoms with Crippen molar-refractivity contribution in [2.45, 2.75) is 19.8 Å². The van der Waals surface area contributed by atoms with E-state index in [2.05, 4.69) is 5.32 Å². The van der Waals surface area contributed by atoms with Crippen LogP contribution in [0, 0.1) is 5.92 Å². The summed E-state index contributed by atoms with van der Waals surface area (Å²) >= 11 is 0. The fourth-order valence-corrected chi connectivity index (χ4v) is 2.58. The molecule has 1 N–H and O–H groups in total. The maximum atomic E-state index is 12.0. The first-order valence-electron chi connectivity index (χ1n) is 6.87. The number of hydrogen-bond acceptors (Lipinski definition) is 4. The Bertz CT molecular complexity index is 433. The Morgan fingerprint density at radius 3 is 2.79 bits per heavy atom. The van der Waals surface area contributed by atoms with Gasteiger partial charge in [0.25, 0.3) is 0 Å². The molecule has 2 rings (SSSR count). The van der Waals surface area contributed by atoms with Crippen molar-refractivity contribution < 1.29 is 14.3 Å². The van der Waals surface area contributed by atoms with E-state index in [4.69, 9.17) is 9.47 Å². The molecule has 1 aromatic carbocycles. The second kappa shape index (κ2) is 6.57. The molecule has 0 radical (unpaired) electrons. The summed E-state index contributed by atoms with van der Waals surface area (Å²) in [5, 5.41) is 3.27. The van der Waals surface area contributed by atoms with Gasteiger partial charge in [-0.25, -0.2) is 0 Å². The molecule has 2 unspecified atom stereocenters. The number of hydrogen-bond donors (Lipinski definition) is 1. The van der Waals surface area contributed by atoms with Gasteiger partial charge in [-0.1, -0.05) is 18.2 Å². The van der Waals surface area contributed by atoms with E-state index in [9.17, 15) is 4.79 Å². The minimum Gasteiger partial charge on any atom is -0.494 e. The molecule has 2 atom stereocenters. The monoisotopic (exact) mass is 263 g/mol. The first-order valence-corrected chi connectivity index (χ1v) is 6.87. The molecule has 0 saturated carbocycles. The zero-order valence-corrected chi connectivity index (χ0v) is 11.5. The summed E-state index contributed by atoms with van der Waals surface area (Å²) in [5.74, 6) is 0.750. The molecule has 4 heteroatoms. The highest BCUT2D eigenvalue weighted by atomic mass is 16.5. The number of ether oxygens (including phenoxy) is 2. The molecule has 1 heterocycles. The van der Waals surface area contributed by atoms with Crippen molar-refractivity contribution in [2.24, 2.45) is 5.92 Å². The molecule has 1 aliphatic rings. The third-order valence-electron chi connectivity index (χ3n) is 3.42. The third-order valence-corrected chi connectivity index (χ3v) is 3.42. The number of esters is 1. The van der Waals surface area contributed by atoms with Crippen LogP contribution in [0.2, 0.25) is 0 Å². The Morgan fingerprint density at radius 2 is 2.05 bits per heavy atom. The zero-order valence-electron chi connectivity index (χ0n) is 11.5. The lowest BCUT2D eigenvalue weighted by atomic mass is 9.88. The summed E-state index contributed by atoms with van der Waals surface area (Å²) in [7, 11) is 0. The van der Waals surface area contributed by atoms with E-state index >= 15 is 0 Å². The molecular formula is C15H21NO3. The van der Waals surface area contributed by atoms with Gasteiger partial charge in [0.15, 0.2) is 0 Å². The van der Waals surface area contributed by atoms with E-state index in [0.29, 0.717) is 19.8 Å². The number of benzene rings is 1. The Morgan fingerprint density at radius 1 is 1.26 bits per heavy atom. The lowest BCUT2D eigenvalue weighted by Crippen LogP contribution is -2.24. The molecule has 104 valence electrons. The van der Waals surface area contributed by atoms with Crippen LogP contribution >= 0.6 is 0 Å². The van der Waals surface area contributed by atoms with Crippen LogP contribution in [-0.4, -0.2) is 32.3 Å². The van der Waals surface area contributed by atoms with Crippen LogP contribution in [0.5, 0.6) is 5.75 Å². The number of carbonyl (C=O) groups excluding carboxylic acids is 1. The van der Waals surface area contributed by atoms with Gasteiger partial charge < -0.3 is 14.8 Å². The second-order valence-electron chi connectivity index (χ2n) is 4.59. The summed E-state index contributed by atoms with van der Waals surface area (Å²) < 4.78 is 10.8. The fourth-order valence-electron chi connectivity index (χ4n) is 2.58. The number of carbonyl (C=O) groups is 1. The summed E-state index contributed by atoms with van der Waals surface area (Å²) in [4.78, 5) is 12.0. The molecule has 1 fully saturated rings. The summed E-state index contributed by atoms with van der Waals surface area (Å²) in [5.41, 5.74) is 1.09. The molecule has 4 nitrogen and oxygen atoms in total. The van der Waals surface area contributed by atoms with E-state index in [1.165, 1.54) is 0 Å². The lowest BCUT2D eigenvalue weighted by molar-refractivity contribution is -0.147. The topological polar surface area (TPSA) is 47.6 Å². The van der Waals surface area contributed by atoms with Crippen LogP contribution in [0.1, 0.15) is 25.3 Å². The first-order chi connectivity index (χ1) is 9.27. The Kier molecular flexibility index (Phi) is 4.80. The molecule has 0 aromatic heterocycles. The summed E-state index contributed by atoms with van der Waals surface area (Å²) in [6, 6.07) is 7.93. The zero-order chi connectivity index (χ0) is 13.7. The molecule has 0 spiro atoms. The van der Waals surface area contributed by atoms with Crippen LogP contribution in [0.4, 0.5) is 0 Å². The standard InChI is InChI=1S/C15H21NO3/c1-3-18-14-8-6-5-7-11(14)12-9-16-10-13(12)15(17)19-4-2/h5-8,12-13,16H,3-4,9-10H2,1-2H3. The molecule has 19 heavy (non-hydrogen) atoms. The van der Waals surface area contributed by atoms with Crippen molar-refractivity contribution in [3.05, 3.63) is 29.8 Å². The van der Waals surface area contributed by atoms with Crippen molar-refractivity contribution in [1.82, 2.24) is 5.32 Å². The van der Waals surface area contributed by atoms with Crippen molar-refractivity contribution >= 4 is 5.97 Å². The van der Waals surface area contributed by atoms with Crippen molar-refractivity contribution in [3.63, 3.8) is 0 Å². The summed E-state index contributed by atoms with van der Waals surface area (Å²) in [6.07, 6.45) is 0. The van der Waals surface area contributed by atoms with Gasteiger partial charge in [0.2, 0.25) is 0 Å². The van der Waals surface area contributed by atoms with Crippen LogP contribution < -0.4 is 10.1 Å². The van der Waals surface area contributed by atoms with Crippen molar-refractivity contribution in [2.75, 3.05) is 26.3 Å². The van der Waals surface area contributed by atoms with Gasteiger partial charge in [0, 0.05) is 19.0 Å². The van der Waals surface area contributed by atoms with Crippen LogP contribution in [0.15, 0.2) is 24.3 Å². The Balaban J connectivity index is 2.22. The Labute approximate surface area is 114 Å². The molecule has 0 aliphatic carbocycles. The van der Waals surface area contributed by atoms with Crippen LogP contribution in [-0.2, 0) is 9.53 Å². The van der Waals surface area contributed by atoms with Crippen molar-refractivity contribution in [3.8, 4) is 5.75 Å². The highest BCUT2D eigenvalue weighted by Crippen LogP contribution is 2.34. The van der Waals surface area contributed by atoms with Gasteiger partial charge in [-0.05, 0) is 25.5 Å². The molecule has 1 aliphatic heterocycles. The first kappa shape index (κ1) is 13.9. The molecule has 0 amide bonds. The highest BCUT2D eigenvalue weighted by Gasteiger charge is 2.36. The maximum Gasteiger partial charge on any atom is 0.310 e.